The third kappa shape index (κ3) is 6.18. The van der Waals surface area contributed by atoms with Crippen LogP contribution in [0.3, 0.4) is 0 Å². The number of hydrogen-bond donors (Lipinski definition) is 1. The molecular formula is C20H22ClNO5. The van der Waals surface area contributed by atoms with E-state index in [0.29, 0.717) is 34.4 Å². The SMILES string of the molecule is CCOc1ccc(NC(=O)[C@@H](C)OC(=O)Cc2cc(Cl)ccc2OC)cc1. The number of benzene rings is 2. The van der Waals surface area contributed by atoms with Gasteiger partial charge in [0.1, 0.15) is 11.5 Å². The van der Waals surface area contributed by atoms with Crippen LogP contribution in [0.15, 0.2) is 42.5 Å². The van der Waals surface area contributed by atoms with Crippen molar-refractivity contribution in [3.8, 4) is 11.5 Å². The Bertz CT molecular complexity index is 791. The van der Waals surface area contributed by atoms with Crippen LogP contribution in [0.1, 0.15) is 19.4 Å². The Labute approximate surface area is 163 Å². The average molecular weight is 392 g/mol. The molecule has 0 fully saturated rings. The molecule has 0 radical (unpaired) electrons. The first-order valence-corrected chi connectivity index (χ1v) is 8.86. The summed E-state index contributed by atoms with van der Waals surface area (Å²) in [4.78, 5) is 24.4. The minimum absolute atomic E-state index is 0.0512. The van der Waals surface area contributed by atoms with Crippen LogP contribution in [0, 0.1) is 0 Å². The van der Waals surface area contributed by atoms with Crippen LogP contribution in [0.4, 0.5) is 5.69 Å². The Kier molecular flexibility index (Phi) is 7.49. The van der Waals surface area contributed by atoms with Gasteiger partial charge in [-0.05, 0) is 56.3 Å². The number of anilines is 1. The second kappa shape index (κ2) is 9.83. The quantitative estimate of drug-likeness (QED) is 0.691. The third-order valence-corrected chi connectivity index (χ3v) is 3.92. The highest BCUT2D eigenvalue weighted by molar-refractivity contribution is 6.30. The number of carbonyl (C=O) groups excluding carboxylic acids is 2. The number of carbonyl (C=O) groups is 2. The van der Waals surface area contributed by atoms with E-state index in [2.05, 4.69) is 5.32 Å². The number of halogens is 1. The molecule has 0 aliphatic rings. The maximum Gasteiger partial charge on any atom is 0.311 e. The predicted molar refractivity (Wildman–Crippen MR) is 104 cm³/mol. The molecule has 0 aromatic heterocycles. The lowest BCUT2D eigenvalue weighted by Gasteiger charge is -2.15. The molecular weight excluding hydrogens is 370 g/mol. The van der Waals surface area contributed by atoms with Crippen LogP contribution in [-0.4, -0.2) is 31.7 Å². The largest absolute Gasteiger partial charge is 0.496 e. The van der Waals surface area contributed by atoms with Gasteiger partial charge in [-0.2, -0.15) is 0 Å². The van der Waals surface area contributed by atoms with Gasteiger partial charge in [-0.15, -0.1) is 0 Å². The second-order valence-corrected chi connectivity index (χ2v) is 6.15. The number of hydrogen-bond acceptors (Lipinski definition) is 5. The van der Waals surface area contributed by atoms with E-state index < -0.39 is 18.0 Å². The molecule has 0 unspecified atom stereocenters. The van der Waals surface area contributed by atoms with Crippen molar-refractivity contribution in [3.63, 3.8) is 0 Å². The van der Waals surface area contributed by atoms with Gasteiger partial charge in [-0.3, -0.25) is 9.59 Å². The molecule has 144 valence electrons. The number of esters is 1. The molecule has 2 aromatic rings. The van der Waals surface area contributed by atoms with E-state index in [1.807, 2.05) is 6.92 Å². The zero-order valence-corrected chi connectivity index (χ0v) is 16.2. The molecule has 0 saturated heterocycles. The maximum absolute atomic E-state index is 12.2. The minimum Gasteiger partial charge on any atom is -0.496 e. The predicted octanol–water partition coefficient (Wildman–Crippen LogP) is 3.86. The summed E-state index contributed by atoms with van der Waals surface area (Å²) in [6.45, 7) is 3.97. The van der Waals surface area contributed by atoms with Gasteiger partial charge in [0.2, 0.25) is 0 Å². The summed E-state index contributed by atoms with van der Waals surface area (Å²) in [5, 5.41) is 3.18. The normalized spacial score (nSPS) is 11.4. The number of rotatable bonds is 8. The lowest BCUT2D eigenvalue weighted by Crippen LogP contribution is -2.30. The smallest absolute Gasteiger partial charge is 0.311 e. The molecule has 0 saturated carbocycles. The van der Waals surface area contributed by atoms with Gasteiger partial charge in [-0.1, -0.05) is 11.6 Å². The number of methoxy groups -OCH3 is 1. The first-order valence-electron chi connectivity index (χ1n) is 8.48. The van der Waals surface area contributed by atoms with E-state index in [-0.39, 0.29) is 6.42 Å². The fraction of sp³-hybridized carbons (Fsp3) is 0.300. The molecule has 2 aromatic carbocycles. The molecule has 1 atom stereocenters. The van der Waals surface area contributed by atoms with E-state index in [0.717, 1.165) is 0 Å². The van der Waals surface area contributed by atoms with Crippen molar-refractivity contribution in [3.05, 3.63) is 53.1 Å². The lowest BCUT2D eigenvalue weighted by molar-refractivity contribution is -0.152. The summed E-state index contributed by atoms with van der Waals surface area (Å²) < 4.78 is 15.8. The van der Waals surface area contributed by atoms with Crippen LogP contribution in [-0.2, 0) is 20.7 Å². The highest BCUT2D eigenvalue weighted by Gasteiger charge is 2.19. The van der Waals surface area contributed by atoms with Crippen LogP contribution in [0.5, 0.6) is 11.5 Å². The average Bonchev–Trinajstić information content (AvgIpc) is 2.63. The molecule has 2 rings (SSSR count). The minimum atomic E-state index is -0.950. The fourth-order valence-corrected chi connectivity index (χ4v) is 2.57. The summed E-state index contributed by atoms with van der Waals surface area (Å²) in [6.07, 6.45) is -1.00. The summed E-state index contributed by atoms with van der Waals surface area (Å²) in [5.74, 6) is 0.267. The van der Waals surface area contributed by atoms with Gasteiger partial charge in [-0.25, -0.2) is 0 Å². The highest BCUT2D eigenvalue weighted by Crippen LogP contribution is 2.23. The van der Waals surface area contributed by atoms with Crippen LogP contribution in [0.2, 0.25) is 5.02 Å². The van der Waals surface area contributed by atoms with Crippen LogP contribution < -0.4 is 14.8 Å². The molecule has 27 heavy (non-hydrogen) atoms. The van der Waals surface area contributed by atoms with E-state index in [4.69, 9.17) is 25.8 Å². The Morgan fingerprint density at radius 3 is 2.48 bits per heavy atom. The Hall–Kier alpha value is -2.73. The van der Waals surface area contributed by atoms with Gasteiger partial charge in [0.15, 0.2) is 6.10 Å². The molecule has 0 aliphatic carbocycles. The third-order valence-electron chi connectivity index (χ3n) is 3.69. The van der Waals surface area contributed by atoms with Gasteiger partial charge in [0.25, 0.3) is 5.91 Å². The van der Waals surface area contributed by atoms with E-state index >= 15 is 0 Å². The van der Waals surface area contributed by atoms with Crippen LogP contribution >= 0.6 is 11.6 Å². The Morgan fingerprint density at radius 2 is 1.85 bits per heavy atom. The lowest BCUT2D eigenvalue weighted by atomic mass is 10.1. The monoisotopic (exact) mass is 391 g/mol. The van der Waals surface area contributed by atoms with Crippen molar-refractivity contribution in [2.24, 2.45) is 0 Å². The molecule has 6 nitrogen and oxygen atoms in total. The van der Waals surface area contributed by atoms with Gasteiger partial charge < -0.3 is 19.5 Å². The summed E-state index contributed by atoms with van der Waals surface area (Å²) in [5.41, 5.74) is 1.18. The van der Waals surface area contributed by atoms with Gasteiger partial charge in [0.05, 0.1) is 20.1 Å². The summed E-state index contributed by atoms with van der Waals surface area (Å²) in [6, 6.07) is 11.9. The molecule has 1 N–H and O–H groups in total. The van der Waals surface area contributed by atoms with Crippen molar-refractivity contribution in [2.75, 3.05) is 19.0 Å². The number of amides is 1. The van der Waals surface area contributed by atoms with E-state index in [9.17, 15) is 9.59 Å². The van der Waals surface area contributed by atoms with Crippen molar-refractivity contribution >= 4 is 29.2 Å². The molecule has 7 heteroatoms. The highest BCUT2D eigenvalue weighted by atomic mass is 35.5. The summed E-state index contributed by atoms with van der Waals surface area (Å²) >= 11 is 5.95. The first-order chi connectivity index (χ1) is 12.9. The molecule has 0 spiro atoms. The second-order valence-electron chi connectivity index (χ2n) is 5.71. The fourth-order valence-electron chi connectivity index (χ4n) is 2.38. The Morgan fingerprint density at radius 1 is 1.15 bits per heavy atom. The molecule has 0 heterocycles. The van der Waals surface area contributed by atoms with Crippen molar-refractivity contribution in [1.82, 2.24) is 0 Å². The van der Waals surface area contributed by atoms with Gasteiger partial charge >= 0.3 is 5.97 Å². The zero-order chi connectivity index (χ0) is 19.8. The van der Waals surface area contributed by atoms with Crippen molar-refractivity contribution in [1.29, 1.82) is 0 Å². The topological polar surface area (TPSA) is 73.9 Å². The Balaban J connectivity index is 1.91. The number of ether oxygens (including phenoxy) is 3. The van der Waals surface area contributed by atoms with Crippen molar-refractivity contribution < 1.29 is 23.8 Å². The molecule has 0 aliphatic heterocycles. The van der Waals surface area contributed by atoms with Crippen LogP contribution in [0.25, 0.3) is 0 Å². The van der Waals surface area contributed by atoms with Crippen molar-refractivity contribution in [2.45, 2.75) is 26.4 Å². The zero-order valence-electron chi connectivity index (χ0n) is 15.5. The standard InChI is InChI=1S/C20H22ClNO5/c1-4-26-17-8-6-16(7-9-17)22-20(24)13(2)27-19(23)12-14-11-15(21)5-10-18(14)25-3/h5-11,13H,4,12H2,1-3H3,(H,22,24)/t13-/m1/s1. The van der Waals surface area contributed by atoms with E-state index in [1.54, 1.807) is 42.5 Å². The van der Waals surface area contributed by atoms with E-state index in [1.165, 1.54) is 14.0 Å². The first kappa shape index (κ1) is 20.6. The maximum atomic E-state index is 12.2. The summed E-state index contributed by atoms with van der Waals surface area (Å²) in [7, 11) is 1.50. The number of nitrogens with one attached hydrogen (secondary N) is 1. The molecule has 1 amide bonds. The van der Waals surface area contributed by atoms with Gasteiger partial charge in [0, 0.05) is 16.3 Å². The molecule has 0 bridgehead atoms.